The van der Waals surface area contributed by atoms with Gasteiger partial charge in [-0.05, 0) is 97.5 Å². The number of benzene rings is 4. The average Bonchev–Trinajstić information content (AvgIpc) is 3.97. The highest BCUT2D eigenvalue weighted by Crippen LogP contribution is 2.41. The first kappa shape index (κ1) is 45.4. The van der Waals surface area contributed by atoms with E-state index in [-0.39, 0.29) is 24.1 Å². The van der Waals surface area contributed by atoms with Gasteiger partial charge >= 0.3 is 11.9 Å². The van der Waals surface area contributed by atoms with Crippen LogP contribution in [0.5, 0.6) is 0 Å². The normalized spacial score (nSPS) is 12.4. The Kier molecular flexibility index (Phi) is 12.5. The van der Waals surface area contributed by atoms with E-state index in [0.717, 1.165) is 9.46 Å². The number of nitrogens with one attached hydrogen (secondary N) is 2. The Morgan fingerprint density at radius 3 is 1.47 bits per heavy atom. The minimum absolute atomic E-state index is 0.0288. The fraction of sp³-hybridized carbons (Fsp3) is 0.167. The van der Waals surface area contributed by atoms with Crippen LogP contribution in [0.15, 0.2) is 110 Å². The molecule has 0 aliphatic carbocycles. The number of nitrogens with zero attached hydrogens (tertiary/aromatic N) is 12. The number of halogens is 4. The summed E-state index contributed by atoms with van der Waals surface area (Å²) in [6.45, 7) is 3.77. The zero-order valence-electron chi connectivity index (χ0n) is 36.9. The van der Waals surface area contributed by atoms with Crippen LogP contribution < -0.4 is 20.3 Å². The minimum atomic E-state index is -0.589. The van der Waals surface area contributed by atoms with Gasteiger partial charge in [-0.25, -0.2) is 48.3 Å². The number of hydrogen-bond acceptors (Lipinski definition) is 16. The number of aromatic nitrogens is 12. The van der Waals surface area contributed by atoms with E-state index in [9.17, 15) is 18.4 Å². The number of hydrogen-bond donors (Lipinski definition) is 2. The molecule has 0 unspecified atom stereocenters. The summed E-state index contributed by atoms with van der Waals surface area (Å²) < 4.78 is 31.3. The molecule has 6 aromatic heterocycles. The number of rotatable bonds is 15. The summed E-state index contributed by atoms with van der Waals surface area (Å²) in [7, 11) is 0. The predicted octanol–water partition coefficient (Wildman–Crippen LogP) is 9.29. The van der Waals surface area contributed by atoms with Crippen molar-refractivity contribution in [1.29, 1.82) is 0 Å². The molecular weight excluding hydrogens is 946 g/mol. The molecule has 0 bridgehead atoms. The largest absolute Gasteiger partial charge is 0.362 e. The third kappa shape index (κ3) is 9.04. The van der Waals surface area contributed by atoms with E-state index in [1.165, 1.54) is 62.0 Å². The molecule has 10 aromatic rings. The molecule has 0 aliphatic heterocycles. The number of imidazole rings is 2. The van der Waals surface area contributed by atoms with Crippen molar-refractivity contribution in [2.24, 2.45) is 0 Å². The third-order valence-corrected chi connectivity index (χ3v) is 12.1. The zero-order valence-corrected chi connectivity index (χ0v) is 38.4. The molecule has 2 N–H and O–H groups in total. The molecule has 0 aliphatic rings. The van der Waals surface area contributed by atoms with Crippen molar-refractivity contribution in [2.45, 2.75) is 51.6 Å². The quantitative estimate of drug-likeness (QED) is 0.0915. The summed E-state index contributed by atoms with van der Waals surface area (Å²) in [5, 5.41) is 25.7. The van der Waals surface area contributed by atoms with Crippen LogP contribution in [0.1, 0.15) is 62.7 Å². The molecule has 0 saturated carbocycles. The van der Waals surface area contributed by atoms with Gasteiger partial charge in [0.05, 0.1) is 34.5 Å². The van der Waals surface area contributed by atoms with Crippen molar-refractivity contribution in [3.05, 3.63) is 143 Å². The highest BCUT2D eigenvalue weighted by molar-refractivity contribution is 6.36. The predicted molar refractivity (Wildman–Crippen MR) is 256 cm³/mol. The Morgan fingerprint density at radius 2 is 1.04 bits per heavy atom. The molecule has 70 heavy (non-hydrogen) atoms. The molecule has 2 atom stereocenters. The number of fused-ring (bicyclic) bond motifs is 4. The van der Waals surface area contributed by atoms with E-state index in [4.69, 9.17) is 32.9 Å². The lowest BCUT2D eigenvalue weighted by molar-refractivity contribution is -0.146. The Balaban J connectivity index is 0.764. The Hall–Kier alpha value is -8.36. The minimum Gasteiger partial charge on any atom is -0.362 e. The molecular formula is C48H36Cl2F2N14O4. The van der Waals surface area contributed by atoms with Crippen LogP contribution in [-0.4, -0.2) is 71.7 Å². The SMILES string of the molecule is C[C@H](Nc1ncnc2c1ncn2OC(=O)CCCCC(=O)On1cnc2c(N[C@@H](C)c3cc(Cl)c4ccnnc4c3-c3cccc(F)c3)ncnc21)c1cc(Cl)c2ccnnc2c1-c1cccc(F)c1. The Morgan fingerprint density at radius 1 is 0.600 bits per heavy atom. The summed E-state index contributed by atoms with van der Waals surface area (Å²) in [5.41, 5.74) is 5.94. The number of carbonyl (C=O) groups excluding carboxylic acids is 2. The van der Waals surface area contributed by atoms with Gasteiger partial charge in [-0.3, -0.25) is 0 Å². The average molecular weight is 982 g/mol. The smallest absolute Gasteiger partial charge is 0.333 e. The molecule has 0 saturated heterocycles. The molecule has 6 heterocycles. The lowest BCUT2D eigenvalue weighted by atomic mass is 9.92. The van der Waals surface area contributed by atoms with Gasteiger partial charge in [0, 0.05) is 34.7 Å². The Labute approximate surface area is 405 Å². The zero-order chi connectivity index (χ0) is 48.5. The highest BCUT2D eigenvalue weighted by atomic mass is 35.5. The van der Waals surface area contributed by atoms with Crippen molar-refractivity contribution in [3.8, 4) is 22.3 Å². The summed E-state index contributed by atoms with van der Waals surface area (Å²) in [6.07, 6.45) is 8.85. The van der Waals surface area contributed by atoms with Crippen molar-refractivity contribution < 1.29 is 28.0 Å². The number of unbranched alkanes of at least 4 members (excludes halogenated alkanes) is 1. The molecule has 0 spiro atoms. The van der Waals surface area contributed by atoms with Crippen LogP contribution in [0.3, 0.4) is 0 Å². The monoisotopic (exact) mass is 980 g/mol. The summed E-state index contributed by atoms with van der Waals surface area (Å²) in [6, 6.07) is 18.5. The molecule has 350 valence electrons. The second kappa shape index (κ2) is 19.3. The van der Waals surface area contributed by atoms with Crippen LogP contribution in [0.4, 0.5) is 20.4 Å². The molecule has 0 radical (unpaired) electrons. The molecule has 0 amide bonds. The van der Waals surface area contributed by atoms with Gasteiger partial charge in [0.25, 0.3) is 0 Å². The van der Waals surface area contributed by atoms with Gasteiger partial charge in [0.1, 0.15) is 48.0 Å². The summed E-state index contributed by atoms with van der Waals surface area (Å²) in [4.78, 5) is 63.4. The van der Waals surface area contributed by atoms with E-state index < -0.39 is 35.7 Å². The van der Waals surface area contributed by atoms with Crippen LogP contribution >= 0.6 is 23.2 Å². The fourth-order valence-electron chi connectivity index (χ4n) is 8.23. The third-order valence-electron chi connectivity index (χ3n) is 11.5. The van der Waals surface area contributed by atoms with E-state index in [0.29, 0.717) is 101 Å². The van der Waals surface area contributed by atoms with Crippen LogP contribution in [0.2, 0.25) is 10.0 Å². The maximum atomic E-state index is 14.5. The summed E-state index contributed by atoms with van der Waals surface area (Å²) in [5.74, 6) is -1.33. The van der Waals surface area contributed by atoms with Gasteiger partial charge in [-0.1, -0.05) is 47.5 Å². The van der Waals surface area contributed by atoms with Gasteiger partial charge in [-0.15, -0.1) is 19.7 Å². The maximum absolute atomic E-state index is 14.5. The molecule has 18 nitrogen and oxygen atoms in total. The first-order valence-corrected chi connectivity index (χ1v) is 22.5. The second-order valence-corrected chi connectivity index (χ2v) is 16.9. The van der Waals surface area contributed by atoms with Crippen molar-refractivity contribution in [2.75, 3.05) is 10.6 Å². The first-order valence-electron chi connectivity index (χ1n) is 21.7. The van der Waals surface area contributed by atoms with Gasteiger partial charge in [0.2, 0.25) is 11.3 Å². The first-order chi connectivity index (χ1) is 34.0. The van der Waals surface area contributed by atoms with Crippen LogP contribution in [-0.2, 0) is 9.59 Å². The molecule has 10 rings (SSSR count). The highest BCUT2D eigenvalue weighted by Gasteiger charge is 2.24. The lowest BCUT2D eigenvalue weighted by Crippen LogP contribution is -2.20. The number of anilines is 2. The topological polar surface area (TPSA) is 215 Å². The summed E-state index contributed by atoms with van der Waals surface area (Å²) >= 11 is 13.4. The van der Waals surface area contributed by atoms with Crippen molar-refractivity contribution >= 4 is 90.9 Å². The molecule has 22 heteroatoms. The Bertz CT molecular complexity index is 3420. The van der Waals surface area contributed by atoms with Crippen molar-refractivity contribution in [3.63, 3.8) is 0 Å². The van der Waals surface area contributed by atoms with Crippen LogP contribution in [0, 0.1) is 11.6 Å². The lowest BCUT2D eigenvalue weighted by Gasteiger charge is -2.21. The van der Waals surface area contributed by atoms with Crippen molar-refractivity contribution in [1.82, 2.24) is 59.8 Å². The van der Waals surface area contributed by atoms with Crippen LogP contribution in [0.25, 0.3) is 66.4 Å². The van der Waals surface area contributed by atoms with E-state index in [1.807, 2.05) is 13.8 Å². The van der Waals surface area contributed by atoms with E-state index in [2.05, 4.69) is 60.9 Å². The number of carbonyl (C=O) groups is 2. The van der Waals surface area contributed by atoms with Gasteiger partial charge in [0.15, 0.2) is 22.7 Å². The fourth-order valence-corrected chi connectivity index (χ4v) is 8.77. The van der Waals surface area contributed by atoms with Gasteiger partial charge in [-0.2, -0.15) is 10.2 Å². The maximum Gasteiger partial charge on any atom is 0.333 e. The van der Waals surface area contributed by atoms with E-state index in [1.54, 1.807) is 48.5 Å². The molecule has 0 fully saturated rings. The molecule has 4 aromatic carbocycles. The standard InChI is InChI=1S/C48H36Cl2F2N14O4/c1-25(33-19-35(49)31-13-15-59-63-41(31)39(33)27-7-5-9-29(51)17-27)61-45-43-47(55-21-53-45)65(23-57-43)69-37(67)11-3-4-12-38(68)70-66-24-58-44-46(54-22-56-48(44)66)62-26(2)34-20-36(50)32-14-16-60-64-42(32)40(34)28-8-6-10-30(52)18-28/h5-10,13-26H,3-4,11-12H2,1-2H3,(H,53,55,61)(H,54,56,62)/t25-,26-/m0/s1. The van der Waals surface area contributed by atoms with Gasteiger partial charge < -0.3 is 20.3 Å². The second-order valence-electron chi connectivity index (χ2n) is 16.0. The van der Waals surface area contributed by atoms with E-state index >= 15 is 0 Å².